The lowest BCUT2D eigenvalue weighted by Gasteiger charge is -2.26. The maximum absolute atomic E-state index is 12.5. The van der Waals surface area contributed by atoms with E-state index in [2.05, 4.69) is 0 Å². The van der Waals surface area contributed by atoms with E-state index in [0.29, 0.717) is 23.0 Å². The van der Waals surface area contributed by atoms with Gasteiger partial charge in [0.15, 0.2) is 5.60 Å². The molecule has 110 valence electrons. The molecule has 0 aromatic heterocycles. The number of likely N-dealkylation sites (N-methyl/N-ethyl adjacent to an activating group) is 1. The molecule has 1 saturated heterocycles. The number of amides is 3. The summed E-state index contributed by atoms with van der Waals surface area (Å²) in [5.41, 5.74) is -1.07. The number of carbonyl (C=O) groups is 3. The number of thioether (sulfide) groups is 1. The van der Waals surface area contributed by atoms with Crippen molar-refractivity contribution in [2.75, 3.05) is 18.5 Å². The van der Waals surface area contributed by atoms with Crippen molar-refractivity contribution in [2.45, 2.75) is 17.8 Å². The molecule has 1 N–H and O–H groups in total. The number of fused-ring (bicyclic) bond motifs is 1. The van der Waals surface area contributed by atoms with Gasteiger partial charge in [0.05, 0.1) is 5.69 Å². The van der Waals surface area contributed by atoms with Crippen molar-refractivity contribution in [3.05, 3.63) is 29.8 Å². The molecule has 0 radical (unpaired) electrons. The molecular formula is C14H14N2O4S. The smallest absolute Gasteiger partial charge is 0.289 e. The number of benzene rings is 1. The first-order valence-electron chi connectivity index (χ1n) is 6.55. The lowest BCUT2D eigenvalue weighted by Crippen LogP contribution is -2.50. The van der Waals surface area contributed by atoms with Gasteiger partial charge in [-0.3, -0.25) is 19.3 Å². The number of hydrogen-bond donors (Lipinski definition) is 1. The molecule has 0 saturated carbocycles. The second-order valence-corrected chi connectivity index (χ2v) is 6.05. The van der Waals surface area contributed by atoms with Crippen molar-refractivity contribution in [3.63, 3.8) is 0 Å². The fraction of sp³-hybridized carbons (Fsp3) is 0.357. The van der Waals surface area contributed by atoms with Crippen LogP contribution in [0.5, 0.6) is 0 Å². The summed E-state index contributed by atoms with van der Waals surface area (Å²) < 4.78 is 0. The standard InChI is InChI=1S/C14H14N2O4S/c1-3-16-11(17)10(21-13(16)19)14(20)8-6-4-5-7-9(8)15(2)12(14)18/h4-7,10,20H,3H2,1-2H3/t10-,14+/m1/s1. The summed E-state index contributed by atoms with van der Waals surface area (Å²) in [6.07, 6.45) is 0. The molecule has 0 aliphatic carbocycles. The predicted octanol–water partition coefficient (Wildman–Crippen LogP) is 0.935. The van der Waals surface area contributed by atoms with Crippen LogP contribution in [-0.4, -0.2) is 45.9 Å². The third-order valence-corrected chi connectivity index (χ3v) is 5.13. The zero-order valence-electron chi connectivity index (χ0n) is 11.6. The lowest BCUT2D eigenvalue weighted by molar-refractivity contribution is -0.143. The highest BCUT2D eigenvalue weighted by molar-refractivity contribution is 8.15. The summed E-state index contributed by atoms with van der Waals surface area (Å²) in [5.74, 6) is -1.10. The van der Waals surface area contributed by atoms with Crippen LogP contribution in [0.3, 0.4) is 0 Å². The monoisotopic (exact) mass is 306 g/mol. The highest BCUT2D eigenvalue weighted by atomic mass is 32.2. The van der Waals surface area contributed by atoms with Crippen molar-refractivity contribution in [1.82, 2.24) is 4.90 Å². The summed E-state index contributed by atoms with van der Waals surface area (Å²) in [5, 5.41) is 9.41. The molecule has 3 amide bonds. The van der Waals surface area contributed by atoms with E-state index < -0.39 is 27.9 Å². The predicted molar refractivity (Wildman–Crippen MR) is 77.9 cm³/mol. The maximum Gasteiger partial charge on any atom is 0.289 e. The Kier molecular flexibility index (Phi) is 3.07. The maximum atomic E-state index is 12.5. The molecule has 1 fully saturated rings. The van der Waals surface area contributed by atoms with Crippen LogP contribution < -0.4 is 4.90 Å². The van der Waals surface area contributed by atoms with E-state index in [1.807, 2.05) is 0 Å². The highest BCUT2D eigenvalue weighted by Crippen LogP contribution is 2.48. The quantitative estimate of drug-likeness (QED) is 0.879. The fourth-order valence-electron chi connectivity index (χ4n) is 2.82. The molecule has 1 aromatic carbocycles. The largest absolute Gasteiger partial charge is 0.374 e. The van der Waals surface area contributed by atoms with Crippen LogP contribution in [0.15, 0.2) is 24.3 Å². The zero-order chi connectivity index (χ0) is 15.4. The topological polar surface area (TPSA) is 77.9 Å². The molecule has 2 atom stereocenters. The molecule has 21 heavy (non-hydrogen) atoms. The molecule has 0 spiro atoms. The Morgan fingerprint density at radius 3 is 2.57 bits per heavy atom. The average molecular weight is 306 g/mol. The number of nitrogens with zero attached hydrogens (tertiary/aromatic N) is 2. The van der Waals surface area contributed by atoms with Crippen molar-refractivity contribution in [1.29, 1.82) is 0 Å². The van der Waals surface area contributed by atoms with E-state index in [-0.39, 0.29) is 6.54 Å². The van der Waals surface area contributed by atoms with Crippen LogP contribution in [0.25, 0.3) is 0 Å². The van der Waals surface area contributed by atoms with Gasteiger partial charge in [0.2, 0.25) is 5.91 Å². The first-order valence-corrected chi connectivity index (χ1v) is 7.43. The van der Waals surface area contributed by atoms with Crippen LogP contribution in [-0.2, 0) is 15.2 Å². The highest BCUT2D eigenvalue weighted by Gasteiger charge is 2.60. The van der Waals surface area contributed by atoms with Crippen molar-refractivity contribution in [3.8, 4) is 0 Å². The lowest BCUT2D eigenvalue weighted by atomic mass is 9.90. The molecule has 1 aromatic rings. The van der Waals surface area contributed by atoms with Gasteiger partial charge in [-0.25, -0.2) is 0 Å². The van der Waals surface area contributed by atoms with E-state index in [1.54, 1.807) is 38.2 Å². The molecule has 7 heteroatoms. The second-order valence-electron chi connectivity index (χ2n) is 4.99. The zero-order valence-corrected chi connectivity index (χ0v) is 12.4. The van der Waals surface area contributed by atoms with Gasteiger partial charge < -0.3 is 10.0 Å². The molecule has 2 heterocycles. The number of para-hydroxylation sites is 1. The minimum atomic E-state index is -1.99. The molecular weight excluding hydrogens is 292 g/mol. The summed E-state index contributed by atoms with van der Waals surface area (Å²) in [6.45, 7) is 1.91. The SMILES string of the molecule is CCN1C(=O)S[C@@H]([C@]2(O)C(=O)N(C)c3ccccc32)C1=O. The van der Waals surface area contributed by atoms with Crippen molar-refractivity contribution < 1.29 is 19.5 Å². The van der Waals surface area contributed by atoms with Crippen LogP contribution in [0.2, 0.25) is 0 Å². The molecule has 2 aliphatic heterocycles. The van der Waals surface area contributed by atoms with Gasteiger partial charge >= 0.3 is 0 Å². The van der Waals surface area contributed by atoms with Crippen LogP contribution >= 0.6 is 11.8 Å². The second kappa shape index (κ2) is 4.57. The molecule has 0 unspecified atom stereocenters. The van der Waals surface area contributed by atoms with Crippen molar-refractivity contribution in [2.24, 2.45) is 0 Å². The van der Waals surface area contributed by atoms with Gasteiger partial charge in [-0.1, -0.05) is 18.2 Å². The van der Waals surface area contributed by atoms with E-state index in [9.17, 15) is 19.5 Å². The summed E-state index contributed by atoms with van der Waals surface area (Å²) in [6, 6.07) is 6.76. The third-order valence-electron chi connectivity index (χ3n) is 3.93. The van der Waals surface area contributed by atoms with Gasteiger partial charge in [-0.15, -0.1) is 0 Å². The summed E-state index contributed by atoms with van der Waals surface area (Å²) in [7, 11) is 1.54. The Labute approximate surface area is 125 Å². The minimum Gasteiger partial charge on any atom is -0.374 e. The Morgan fingerprint density at radius 2 is 1.95 bits per heavy atom. The van der Waals surface area contributed by atoms with Gasteiger partial charge in [0, 0.05) is 19.2 Å². The number of hydrogen-bond acceptors (Lipinski definition) is 5. The van der Waals surface area contributed by atoms with Gasteiger partial charge in [-0.2, -0.15) is 0 Å². The molecule has 3 rings (SSSR count). The summed E-state index contributed by atoms with van der Waals surface area (Å²) in [4.78, 5) is 39.1. The Balaban J connectivity index is 2.12. The van der Waals surface area contributed by atoms with Gasteiger partial charge in [0.1, 0.15) is 5.25 Å². The normalized spacial score (nSPS) is 28.5. The molecule has 2 aliphatic rings. The molecule has 0 bridgehead atoms. The van der Waals surface area contributed by atoms with Crippen LogP contribution in [0.4, 0.5) is 10.5 Å². The van der Waals surface area contributed by atoms with Crippen LogP contribution in [0.1, 0.15) is 12.5 Å². The number of rotatable bonds is 2. The molecule has 6 nitrogen and oxygen atoms in total. The number of aliphatic hydroxyl groups is 1. The van der Waals surface area contributed by atoms with Gasteiger partial charge in [-0.05, 0) is 24.8 Å². The van der Waals surface area contributed by atoms with E-state index in [1.165, 1.54) is 4.90 Å². The third kappa shape index (κ3) is 1.67. The Hall–Kier alpha value is -1.86. The van der Waals surface area contributed by atoms with E-state index >= 15 is 0 Å². The number of anilines is 1. The number of imide groups is 1. The van der Waals surface area contributed by atoms with E-state index in [0.717, 1.165) is 4.90 Å². The minimum absolute atomic E-state index is 0.225. The average Bonchev–Trinajstić information content (AvgIpc) is 2.88. The van der Waals surface area contributed by atoms with Crippen LogP contribution in [0, 0.1) is 0 Å². The summed E-state index contributed by atoms with van der Waals surface area (Å²) >= 11 is 0.712. The fourth-order valence-corrected chi connectivity index (χ4v) is 3.99. The van der Waals surface area contributed by atoms with Gasteiger partial charge in [0.25, 0.3) is 11.1 Å². The van der Waals surface area contributed by atoms with Crippen molar-refractivity contribution >= 4 is 34.5 Å². The first kappa shape index (κ1) is 14.1. The number of carbonyl (C=O) groups excluding carboxylic acids is 3. The first-order chi connectivity index (χ1) is 9.92. The van der Waals surface area contributed by atoms with E-state index in [4.69, 9.17) is 0 Å². The Bertz CT molecular complexity index is 662. The Morgan fingerprint density at radius 1 is 1.29 bits per heavy atom.